The molecule has 0 fully saturated rings. The van der Waals surface area contributed by atoms with Crippen LogP contribution in [-0.4, -0.2) is 31.2 Å². The van der Waals surface area contributed by atoms with Crippen LogP contribution in [0.15, 0.2) is 18.2 Å². The molecule has 4 heteroatoms. The van der Waals surface area contributed by atoms with Crippen molar-refractivity contribution in [3.05, 3.63) is 23.8 Å². The Morgan fingerprint density at radius 3 is 2.88 bits per heavy atom. The molecule has 4 nitrogen and oxygen atoms in total. The van der Waals surface area contributed by atoms with Gasteiger partial charge in [0.1, 0.15) is 0 Å². The minimum Gasteiger partial charge on any atom is -0.454 e. The lowest BCUT2D eigenvalue weighted by molar-refractivity contribution is -0.129. The summed E-state index contributed by atoms with van der Waals surface area (Å²) in [5.41, 5.74) is 1.10. The standard InChI is InChI=1S/C13H17NO3/c1-3-14(2)13(15)7-5-10-4-6-11-12(8-10)17-9-16-11/h4,6,8H,3,5,7,9H2,1-2H3. The van der Waals surface area contributed by atoms with Crippen molar-refractivity contribution in [3.8, 4) is 11.5 Å². The molecule has 0 aromatic heterocycles. The van der Waals surface area contributed by atoms with E-state index in [1.807, 2.05) is 32.2 Å². The normalized spacial score (nSPS) is 12.6. The number of hydrogen-bond donors (Lipinski definition) is 0. The zero-order valence-corrected chi connectivity index (χ0v) is 10.2. The molecule has 0 bridgehead atoms. The highest BCUT2D eigenvalue weighted by Crippen LogP contribution is 2.32. The number of carbonyl (C=O) groups excluding carboxylic acids is 1. The molecule has 1 aromatic carbocycles. The highest BCUT2D eigenvalue weighted by molar-refractivity contribution is 5.76. The van der Waals surface area contributed by atoms with E-state index in [1.54, 1.807) is 4.90 Å². The zero-order valence-electron chi connectivity index (χ0n) is 10.2. The number of hydrogen-bond acceptors (Lipinski definition) is 3. The van der Waals surface area contributed by atoms with Crippen molar-refractivity contribution < 1.29 is 14.3 Å². The second-order valence-electron chi connectivity index (χ2n) is 4.10. The molecule has 1 aliphatic rings. The fraction of sp³-hybridized carbons (Fsp3) is 0.462. The summed E-state index contributed by atoms with van der Waals surface area (Å²) in [6.45, 7) is 3.01. The molecule has 1 aliphatic heterocycles. The second kappa shape index (κ2) is 5.08. The minimum absolute atomic E-state index is 0.171. The third-order valence-corrected chi connectivity index (χ3v) is 2.96. The van der Waals surface area contributed by atoms with E-state index < -0.39 is 0 Å². The van der Waals surface area contributed by atoms with Crippen LogP contribution in [0.3, 0.4) is 0 Å². The van der Waals surface area contributed by atoms with E-state index in [9.17, 15) is 4.79 Å². The van der Waals surface area contributed by atoms with Gasteiger partial charge in [0.05, 0.1) is 0 Å². The van der Waals surface area contributed by atoms with E-state index in [0.29, 0.717) is 6.42 Å². The van der Waals surface area contributed by atoms with Crippen LogP contribution in [0.2, 0.25) is 0 Å². The second-order valence-corrected chi connectivity index (χ2v) is 4.10. The van der Waals surface area contributed by atoms with Gasteiger partial charge in [0.15, 0.2) is 11.5 Å². The van der Waals surface area contributed by atoms with Gasteiger partial charge in [-0.15, -0.1) is 0 Å². The number of amides is 1. The van der Waals surface area contributed by atoms with Gasteiger partial charge in [-0.05, 0) is 31.0 Å². The molecule has 0 unspecified atom stereocenters. The highest BCUT2D eigenvalue weighted by atomic mass is 16.7. The third-order valence-electron chi connectivity index (χ3n) is 2.96. The fourth-order valence-corrected chi connectivity index (χ4v) is 1.71. The van der Waals surface area contributed by atoms with Crippen molar-refractivity contribution in [1.82, 2.24) is 4.90 Å². The Hall–Kier alpha value is -1.71. The number of carbonyl (C=O) groups is 1. The molecule has 1 heterocycles. The Kier molecular flexibility index (Phi) is 3.52. The van der Waals surface area contributed by atoms with Crippen molar-refractivity contribution >= 4 is 5.91 Å². The Balaban J connectivity index is 1.93. The van der Waals surface area contributed by atoms with Crippen LogP contribution in [0.5, 0.6) is 11.5 Å². The van der Waals surface area contributed by atoms with E-state index >= 15 is 0 Å². The summed E-state index contributed by atoms with van der Waals surface area (Å²) < 4.78 is 10.5. The molecule has 0 saturated heterocycles. The van der Waals surface area contributed by atoms with Crippen molar-refractivity contribution in [2.75, 3.05) is 20.4 Å². The quantitative estimate of drug-likeness (QED) is 0.799. The largest absolute Gasteiger partial charge is 0.454 e. The Bertz CT molecular complexity index is 417. The number of ether oxygens (including phenoxy) is 2. The Morgan fingerprint density at radius 1 is 1.35 bits per heavy atom. The third kappa shape index (κ3) is 2.70. The van der Waals surface area contributed by atoms with Crippen LogP contribution in [-0.2, 0) is 11.2 Å². The molecule has 0 aliphatic carbocycles. The number of benzene rings is 1. The first-order valence-electron chi connectivity index (χ1n) is 5.83. The smallest absolute Gasteiger partial charge is 0.231 e. The van der Waals surface area contributed by atoms with E-state index in [2.05, 4.69) is 0 Å². The van der Waals surface area contributed by atoms with Gasteiger partial charge in [0, 0.05) is 20.0 Å². The first-order valence-corrected chi connectivity index (χ1v) is 5.83. The summed E-state index contributed by atoms with van der Waals surface area (Å²) in [7, 11) is 1.82. The van der Waals surface area contributed by atoms with Crippen LogP contribution < -0.4 is 9.47 Å². The average molecular weight is 235 g/mol. The summed E-state index contributed by atoms with van der Waals surface area (Å²) in [6, 6.07) is 5.82. The van der Waals surface area contributed by atoms with E-state index in [4.69, 9.17) is 9.47 Å². The SMILES string of the molecule is CCN(C)C(=O)CCc1ccc2c(c1)OCO2. The molecule has 0 saturated carbocycles. The summed E-state index contributed by atoms with van der Waals surface area (Å²) in [5, 5.41) is 0. The van der Waals surface area contributed by atoms with Gasteiger partial charge in [-0.25, -0.2) is 0 Å². The summed E-state index contributed by atoms with van der Waals surface area (Å²) in [6.07, 6.45) is 1.27. The summed E-state index contributed by atoms with van der Waals surface area (Å²) >= 11 is 0. The van der Waals surface area contributed by atoms with E-state index in [-0.39, 0.29) is 12.7 Å². The number of fused-ring (bicyclic) bond motifs is 1. The van der Waals surface area contributed by atoms with Crippen LogP contribution in [0.25, 0.3) is 0 Å². The van der Waals surface area contributed by atoms with Gasteiger partial charge in [0.25, 0.3) is 0 Å². The highest BCUT2D eigenvalue weighted by Gasteiger charge is 2.14. The van der Waals surface area contributed by atoms with Crippen molar-refractivity contribution in [1.29, 1.82) is 0 Å². The van der Waals surface area contributed by atoms with Crippen molar-refractivity contribution in [2.24, 2.45) is 0 Å². The van der Waals surface area contributed by atoms with Crippen molar-refractivity contribution in [2.45, 2.75) is 19.8 Å². The minimum atomic E-state index is 0.171. The summed E-state index contributed by atoms with van der Waals surface area (Å²) in [5.74, 6) is 1.73. The lowest BCUT2D eigenvalue weighted by Crippen LogP contribution is -2.26. The first kappa shape index (κ1) is 11.8. The van der Waals surface area contributed by atoms with Gasteiger partial charge < -0.3 is 14.4 Å². The van der Waals surface area contributed by atoms with E-state index in [0.717, 1.165) is 30.0 Å². The van der Waals surface area contributed by atoms with Gasteiger partial charge in [-0.3, -0.25) is 4.79 Å². The van der Waals surface area contributed by atoms with Crippen LogP contribution in [0.4, 0.5) is 0 Å². The van der Waals surface area contributed by atoms with Crippen LogP contribution in [0.1, 0.15) is 18.9 Å². The maximum Gasteiger partial charge on any atom is 0.231 e. The molecule has 1 amide bonds. The number of nitrogens with zero attached hydrogens (tertiary/aromatic N) is 1. The molecule has 1 aromatic rings. The van der Waals surface area contributed by atoms with Gasteiger partial charge in [-0.1, -0.05) is 6.07 Å². The van der Waals surface area contributed by atoms with Crippen LogP contribution in [0, 0.1) is 0 Å². The number of aryl methyl sites for hydroxylation is 1. The molecule has 0 radical (unpaired) electrons. The van der Waals surface area contributed by atoms with Gasteiger partial charge in [-0.2, -0.15) is 0 Å². The molecule has 92 valence electrons. The van der Waals surface area contributed by atoms with Crippen molar-refractivity contribution in [3.63, 3.8) is 0 Å². The lowest BCUT2D eigenvalue weighted by Gasteiger charge is -2.14. The van der Waals surface area contributed by atoms with E-state index in [1.165, 1.54) is 0 Å². The maximum atomic E-state index is 11.7. The zero-order chi connectivity index (χ0) is 12.3. The molecule has 2 rings (SSSR count). The van der Waals surface area contributed by atoms with Crippen LogP contribution >= 0.6 is 0 Å². The summed E-state index contributed by atoms with van der Waals surface area (Å²) in [4.78, 5) is 13.4. The Labute approximate surface area is 101 Å². The monoisotopic (exact) mass is 235 g/mol. The lowest BCUT2D eigenvalue weighted by atomic mass is 10.1. The maximum absolute atomic E-state index is 11.7. The predicted octanol–water partition coefficient (Wildman–Crippen LogP) is 1.83. The first-order chi connectivity index (χ1) is 8.20. The Morgan fingerprint density at radius 2 is 2.12 bits per heavy atom. The molecule has 0 atom stereocenters. The molecular formula is C13H17NO3. The molecular weight excluding hydrogens is 218 g/mol. The topological polar surface area (TPSA) is 38.8 Å². The predicted molar refractivity (Wildman–Crippen MR) is 64.2 cm³/mol. The van der Waals surface area contributed by atoms with Gasteiger partial charge in [0.2, 0.25) is 12.7 Å². The fourth-order valence-electron chi connectivity index (χ4n) is 1.71. The average Bonchev–Trinajstić information content (AvgIpc) is 2.82. The molecule has 0 N–H and O–H groups in total. The van der Waals surface area contributed by atoms with Gasteiger partial charge >= 0.3 is 0 Å². The molecule has 0 spiro atoms. The number of rotatable bonds is 4. The molecule has 17 heavy (non-hydrogen) atoms.